The number of amides is 1. The highest BCUT2D eigenvalue weighted by Crippen LogP contribution is 2.32. The van der Waals surface area contributed by atoms with E-state index < -0.39 is 5.97 Å². The second-order valence-electron chi connectivity index (χ2n) is 10.8. The van der Waals surface area contributed by atoms with E-state index in [0.29, 0.717) is 31.1 Å². The predicted octanol–water partition coefficient (Wildman–Crippen LogP) is 4.20. The van der Waals surface area contributed by atoms with Crippen LogP contribution in [0.25, 0.3) is 0 Å². The minimum Gasteiger partial charge on any atom is -0.477 e. The van der Waals surface area contributed by atoms with Gasteiger partial charge in [0.15, 0.2) is 0 Å². The molecule has 0 aliphatic carbocycles. The predicted molar refractivity (Wildman–Crippen MR) is 164 cm³/mol. The lowest BCUT2D eigenvalue weighted by atomic mass is 9.92. The molecule has 2 fully saturated rings. The van der Waals surface area contributed by atoms with Gasteiger partial charge in [-0.1, -0.05) is 24.3 Å². The van der Waals surface area contributed by atoms with Gasteiger partial charge in [-0.2, -0.15) is 0 Å². The number of likely N-dealkylation sites (tertiary alicyclic amines) is 1. The Bertz CT molecular complexity index is 1380. The van der Waals surface area contributed by atoms with Crippen molar-refractivity contribution in [2.45, 2.75) is 18.8 Å². The molecule has 3 aromatic rings. The van der Waals surface area contributed by atoms with Crippen molar-refractivity contribution in [3.8, 4) is 23.1 Å². The van der Waals surface area contributed by atoms with Crippen LogP contribution in [0.2, 0.25) is 0 Å². The highest BCUT2D eigenvalue weighted by atomic mass is 16.5. The monoisotopic (exact) mass is 585 g/mol. The van der Waals surface area contributed by atoms with Gasteiger partial charge >= 0.3 is 5.97 Å². The Hall–Kier alpha value is -4.25. The van der Waals surface area contributed by atoms with Crippen LogP contribution in [0.5, 0.6) is 23.1 Å². The molecule has 226 valence electrons. The third-order valence-corrected chi connectivity index (χ3v) is 7.89. The highest BCUT2D eigenvalue weighted by molar-refractivity contribution is 5.90. The minimum absolute atomic E-state index is 0.00749. The van der Waals surface area contributed by atoms with Gasteiger partial charge in [0.25, 0.3) is 0 Å². The maximum atomic E-state index is 12.8. The van der Waals surface area contributed by atoms with Gasteiger partial charge in [0.1, 0.15) is 22.8 Å². The molecule has 0 atom stereocenters. The number of benzene rings is 2. The van der Waals surface area contributed by atoms with Crippen LogP contribution in [0.4, 0.5) is 0 Å². The second kappa shape index (κ2) is 14.8. The van der Waals surface area contributed by atoms with E-state index >= 15 is 0 Å². The summed E-state index contributed by atoms with van der Waals surface area (Å²) < 4.78 is 11.8. The number of nitrogens with two attached hydrogens (primary N) is 1. The number of hydrogen-bond acceptors (Lipinski definition) is 8. The van der Waals surface area contributed by atoms with Crippen molar-refractivity contribution in [1.29, 1.82) is 0 Å². The van der Waals surface area contributed by atoms with E-state index in [2.05, 4.69) is 14.8 Å². The molecule has 1 amide bonds. The number of nitrogens with zero attached hydrogens (tertiary/aromatic N) is 4. The summed E-state index contributed by atoms with van der Waals surface area (Å²) in [6.07, 6.45) is 5.14. The molecule has 10 heteroatoms. The highest BCUT2D eigenvalue weighted by Gasteiger charge is 2.26. The molecular weight excluding hydrogens is 546 g/mol. The molecule has 0 unspecified atom stereocenters. The number of carboxylic acids is 1. The van der Waals surface area contributed by atoms with Gasteiger partial charge in [-0.05, 0) is 61.4 Å². The number of para-hydroxylation sites is 1. The maximum Gasteiger partial charge on any atom is 0.341 e. The molecule has 2 aliphatic rings. The number of ether oxygens (including phenoxy) is 2. The summed E-state index contributed by atoms with van der Waals surface area (Å²) in [6.45, 7) is 7.61. The number of aromatic nitrogens is 1. The van der Waals surface area contributed by atoms with Crippen molar-refractivity contribution < 1.29 is 24.2 Å². The molecule has 2 saturated heterocycles. The molecule has 10 nitrogen and oxygen atoms in total. The van der Waals surface area contributed by atoms with Gasteiger partial charge in [0, 0.05) is 76.6 Å². The van der Waals surface area contributed by atoms with Crippen LogP contribution in [-0.2, 0) is 4.79 Å². The van der Waals surface area contributed by atoms with Crippen LogP contribution in [-0.4, -0.2) is 95.6 Å². The number of carbonyl (C=O) groups excluding carboxylic acids is 1. The first kappa shape index (κ1) is 30.2. The first-order valence-electron chi connectivity index (χ1n) is 14.8. The lowest BCUT2D eigenvalue weighted by molar-refractivity contribution is -0.127. The molecule has 1 aromatic heterocycles. The van der Waals surface area contributed by atoms with E-state index in [1.807, 2.05) is 41.3 Å². The first-order valence-corrected chi connectivity index (χ1v) is 14.8. The summed E-state index contributed by atoms with van der Waals surface area (Å²) in [5, 5.41) is 9.74. The standard InChI is InChI=1S/C33H39N5O5/c34-16-20-37-23-21-36(22-24-37)17-4-7-31(39)38-18-14-25(15-19-38)30-13-12-29(33(40)41)32(35-30)43-28-10-8-27(9-11-28)42-26-5-2-1-3-6-26/h1-13,25H,14-24,34H2,(H,40,41)/b7-4+. The fourth-order valence-electron chi connectivity index (χ4n) is 5.42. The molecule has 0 radical (unpaired) electrons. The topological polar surface area (TPSA) is 121 Å². The van der Waals surface area contributed by atoms with E-state index in [1.165, 1.54) is 0 Å². The number of carboxylic acid groups (broad SMARTS) is 1. The van der Waals surface area contributed by atoms with Crippen molar-refractivity contribution in [1.82, 2.24) is 19.7 Å². The number of carbonyl (C=O) groups is 2. The van der Waals surface area contributed by atoms with E-state index in [9.17, 15) is 14.7 Å². The molecule has 43 heavy (non-hydrogen) atoms. The number of hydrogen-bond donors (Lipinski definition) is 2. The van der Waals surface area contributed by atoms with Crippen molar-refractivity contribution in [2.75, 3.05) is 58.9 Å². The lowest BCUT2D eigenvalue weighted by Gasteiger charge is -2.34. The van der Waals surface area contributed by atoms with Gasteiger partial charge in [0.05, 0.1) is 0 Å². The molecule has 0 saturated carbocycles. The number of rotatable bonds is 11. The Morgan fingerprint density at radius 1 is 0.837 bits per heavy atom. The third kappa shape index (κ3) is 8.41. The van der Waals surface area contributed by atoms with Crippen molar-refractivity contribution >= 4 is 11.9 Å². The van der Waals surface area contributed by atoms with Crippen LogP contribution in [0.3, 0.4) is 0 Å². The maximum absolute atomic E-state index is 12.8. The van der Waals surface area contributed by atoms with E-state index in [1.54, 1.807) is 42.5 Å². The normalized spacial score (nSPS) is 16.8. The Morgan fingerprint density at radius 3 is 2.12 bits per heavy atom. The molecule has 2 aliphatic heterocycles. The third-order valence-electron chi connectivity index (χ3n) is 7.89. The lowest BCUT2D eigenvalue weighted by Crippen LogP contribution is -2.47. The fourth-order valence-corrected chi connectivity index (χ4v) is 5.42. The Labute approximate surface area is 252 Å². The van der Waals surface area contributed by atoms with Gasteiger partial charge in [-0.3, -0.25) is 14.6 Å². The van der Waals surface area contributed by atoms with E-state index in [-0.39, 0.29) is 23.3 Å². The Kier molecular flexibility index (Phi) is 10.4. The van der Waals surface area contributed by atoms with Crippen molar-refractivity contribution in [3.63, 3.8) is 0 Å². The van der Waals surface area contributed by atoms with Crippen LogP contribution in [0.1, 0.15) is 34.8 Å². The van der Waals surface area contributed by atoms with Gasteiger partial charge in [-0.15, -0.1) is 0 Å². The number of piperidine rings is 1. The van der Waals surface area contributed by atoms with Crippen LogP contribution in [0.15, 0.2) is 78.9 Å². The summed E-state index contributed by atoms with van der Waals surface area (Å²) >= 11 is 0. The first-order chi connectivity index (χ1) is 21.0. The molecule has 3 N–H and O–H groups in total. The quantitative estimate of drug-likeness (QED) is 0.319. The van der Waals surface area contributed by atoms with Crippen LogP contribution >= 0.6 is 0 Å². The van der Waals surface area contributed by atoms with Crippen molar-refractivity contribution in [3.05, 3.63) is 90.1 Å². The average Bonchev–Trinajstić information content (AvgIpc) is 3.03. The molecule has 0 bridgehead atoms. The second-order valence-corrected chi connectivity index (χ2v) is 10.8. The van der Waals surface area contributed by atoms with Crippen LogP contribution in [0, 0.1) is 0 Å². The molecule has 2 aromatic carbocycles. The van der Waals surface area contributed by atoms with Crippen LogP contribution < -0.4 is 15.2 Å². The molecule has 5 rings (SSSR count). The SMILES string of the molecule is NCCN1CCN(C/C=C/C(=O)N2CCC(c3ccc(C(=O)O)c(Oc4ccc(Oc5ccccc5)cc4)n3)CC2)CC1. The zero-order valence-corrected chi connectivity index (χ0v) is 24.3. The summed E-state index contributed by atoms with van der Waals surface area (Å²) in [6, 6.07) is 19.7. The summed E-state index contributed by atoms with van der Waals surface area (Å²) in [5.74, 6) is 0.876. The van der Waals surface area contributed by atoms with E-state index in [0.717, 1.165) is 63.6 Å². The Balaban J connectivity index is 1.14. The van der Waals surface area contributed by atoms with Gasteiger partial charge < -0.3 is 25.2 Å². The fraction of sp³-hybridized carbons (Fsp3) is 0.364. The number of pyridine rings is 1. The molecule has 3 heterocycles. The molecule has 0 spiro atoms. The minimum atomic E-state index is -1.11. The zero-order valence-electron chi connectivity index (χ0n) is 24.3. The summed E-state index contributed by atoms with van der Waals surface area (Å²) in [4.78, 5) is 35.9. The average molecular weight is 586 g/mol. The summed E-state index contributed by atoms with van der Waals surface area (Å²) in [7, 11) is 0. The van der Waals surface area contributed by atoms with E-state index in [4.69, 9.17) is 15.2 Å². The summed E-state index contributed by atoms with van der Waals surface area (Å²) in [5.41, 5.74) is 6.41. The van der Waals surface area contributed by atoms with Gasteiger partial charge in [0.2, 0.25) is 11.8 Å². The number of aromatic carboxylic acids is 1. The Morgan fingerprint density at radius 2 is 1.47 bits per heavy atom. The molecular formula is C33H39N5O5. The van der Waals surface area contributed by atoms with Gasteiger partial charge in [-0.25, -0.2) is 9.78 Å². The smallest absolute Gasteiger partial charge is 0.341 e. The zero-order chi connectivity index (χ0) is 30.0. The largest absolute Gasteiger partial charge is 0.477 e. The number of piperazine rings is 1. The van der Waals surface area contributed by atoms with Crippen molar-refractivity contribution in [2.24, 2.45) is 5.73 Å².